The van der Waals surface area contributed by atoms with Gasteiger partial charge in [0.1, 0.15) is 0 Å². The topological polar surface area (TPSA) is 0 Å². The summed E-state index contributed by atoms with van der Waals surface area (Å²) in [5.74, 6) is -9.57. The summed E-state index contributed by atoms with van der Waals surface area (Å²) < 4.78 is 60.3. The molecule has 1 aliphatic rings. The molecule has 0 aromatic rings. The van der Waals surface area contributed by atoms with Crippen LogP contribution in [0, 0.1) is 0 Å². The molecule has 0 amide bonds. The van der Waals surface area contributed by atoms with Crippen LogP contribution in [-0.2, 0) is 0 Å². The van der Waals surface area contributed by atoms with Crippen LogP contribution in [-0.4, -0.2) is 11.8 Å². The third-order valence-electron chi connectivity index (χ3n) is 1.15. The highest BCUT2D eigenvalue weighted by atomic mass is 19.3. The minimum Gasteiger partial charge on any atom is -0.205 e. The quantitative estimate of drug-likeness (QED) is 0.387. The van der Waals surface area contributed by atoms with Gasteiger partial charge in [-0.15, -0.1) is 0 Å². The SMILES string of the molecule is FC1=CC(F)(F)C=CC1(F)F. The monoisotopic (exact) mass is 170 g/mol. The van der Waals surface area contributed by atoms with Gasteiger partial charge in [0.15, 0.2) is 5.83 Å². The van der Waals surface area contributed by atoms with Gasteiger partial charge in [-0.3, -0.25) is 0 Å². The molecule has 0 radical (unpaired) electrons. The molecule has 0 aliphatic heterocycles. The molecule has 0 spiro atoms. The fraction of sp³-hybridized carbons (Fsp3) is 0.333. The first-order valence-electron chi connectivity index (χ1n) is 2.68. The number of halogens is 5. The van der Waals surface area contributed by atoms with E-state index < -0.39 is 23.7 Å². The van der Waals surface area contributed by atoms with Gasteiger partial charge in [-0.2, -0.15) is 17.6 Å². The molecule has 0 fully saturated rings. The summed E-state index contributed by atoms with van der Waals surface area (Å²) >= 11 is 0. The van der Waals surface area contributed by atoms with Gasteiger partial charge < -0.3 is 0 Å². The van der Waals surface area contributed by atoms with Crippen molar-refractivity contribution in [1.29, 1.82) is 0 Å². The Hall–Kier alpha value is -0.870. The van der Waals surface area contributed by atoms with E-state index in [0.717, 1.165) is 0 Å². The van der Waals surface area contributed by atoms with Crippen molar-refractivity contribution in [2.75, 3.05) is 0 Å². The van der Waals surface area contributed by atoms with E-state index in [1.165, 1.54) is 0 Å². The average Bonchev–Trinajstić information content (AvgIpc) is 1.81. The Kier molecular flexibility index (Phi) is 1.54. The zero-order chi connectivity index (χ0) is 8.70. The zero-order valence-corrected chi connectivity index (χ0v) is 5.12. The number of rotatable bonds is 0. The van der Waals surface area contributed by atoms with Gasteiger partial charge in [-0.1, -0.05) is 0 Å². The lowest BCUT2D eigenvalue weighted by Gasteiger charge is -2.17. The highest BCUT2D eigenvalue weighted by Gasteiger charge is 2.41. The zero-order valence-electron chi connectivity index (χ0n) is 5.12. The Morgan fingerprint density at radius 3 is 1.91 bits per heavy atom. The Morgan fingerprint density at radius 1 is 1.00 bits per heavy atom. The molecule has 0 saturated carbocycles. The van der Waals surface area contributed by atoms with Crippen molar-refractivity contribution in [3.63, 3.8) is 0 Å². The molecule has 0 N–H and O–H groups in total. The fourth-order valence-electron chi connectivity index (χ4n) is 0.609. The Labute approximate surface area is 59.0 Å². The third-order valence-corrected chi connectivity index (χ3v) is 1.15. The lowest BCUT2D eigenvalue weighted by molar-refractivity contribution is 0.0407. The van der Waals surface area contributed by atoms with Crippen LogP contribution in [0.15, 0.2) is 24.1 Å². The fourth-order valence-corrected chi connectivity index (χ4v) is 0.609. The van der Waals surface area contributed by atoms with Crippen molar-refractivity contribution in [1.82, 2.24) is 0 Å². The van der Waals surface area contributed by atoms with Crippen molar-refractivity contribution < 1.29 is 22.0 Å². The second-order valence-corrected chi connectivity index (χ2v) is 2.12. The molecule has 0 heterocycles. The maximum Gasteiger partial charge on any atom is 0.317 e. The summed E-state index contributed by atoms with van der Waals surface area (Å²) in [4.78, 5) is 0. The van der Waals surface area contributed by atoms with E-state index in [9.17, 15) is 22.0 Å². The van der Waals surface area contributed by atoms with E-state index in [-0.39, 0.29) is 12.2 Å². The smallest absolute Gasteiger partial charge is 0.205 e. The van der Waals surface area contributed by atoms with Crippen LogP contribution in [0.4, 0.5) is 22.0 Å². The van der Waals surface area contributed by atoms with Crippen molar-refractivity contribution in [2.45, 2.75) is 11.8 Å². The predicted octanol–water partition coefficient (Wildman–Crippen LogP) is 2.68. The number of alkyl halides is 4. The Balaban J connectivity index is 2.98. The lowest BCUT2D eigenvalue weighted by Crippen LogP contribution is -2.23. The van der Waals surface area contributed by atoms with Gasteiger partial charge >= 0.3 is 5.92 Å². The number of hydrogen-bond acceptors (Lipinski definition) is 0. The lowest BCUT2D eigenvalue weighted by atomic mass is 10.1. The van der Waals surface area contributed by atoms with Gasteiger partial charge in [-0.25, -0.2) is 4.39 Å². The van der Waals surface area contributed by atoms with Gasteiger partial charge in [0.2, 0.25) is 0 Å². The van der Waals surface area contributed by atoms with Gasteiger partial charge in [0.05, 0.1) is 0 Å². The molecule has 1 rings (SSSR count). The number of hydrogen-bond donors (Lipinski definition) is 0. The standard InChI is InChI=1S/C6H3F5/c7-4-3-5(8,9)1-2-6(4,10)11/h1-3H. The van der Waals surface area contributed by atoms with E-state index in [0.29, 0.717) is 0 Å². The molecule has 0 aromatic carbocycles. The van der Waals surface area contributed by atoms with Gasteiger partial charge in [0.25, 0.3) is 5.92 Å². The molecule has 1 aliphatic carbocycles. The summed E-state index contributed by atoms with van der Waals surface area (Å²) in [7, 11) is 0. The van der Waals surface area contributed by atoms with Crippen molar-refractivity contribution >= 4 is 0 Å². The molecule has 0 unspecified atom stereocenters. The summed E-state index contributed by atoms with van der Waals surface area (Å²) in [6, 6.07) is 0. The molecule has 5 heteroatoms. The molecule has 0 nitrogen and oxygen atoms in total. The minimum absolute atomic E-state index is 0.0317. The van der Waals surface area contributed by atoms with E-state index >= 15 is 0 Å². The van der Waals surface area contributed by atoms with E-state index in [4.69, 9.17) is 0 Å². The normalized spacial score (nSPS) is 26.5. The maximum absolute atomic E-state index is 12.1. The van der Waals surface area contributed by atoms with Crippen LogP contribution in [0.3, 0.4) is 0 Å². The third kappa shape index (κ3) is 1.58. The second-order valence-electron chi connectivity index (χ2n) is 2.12. The molecule has 11 heavy (non-hydrogen) atoms. The Bertz CT molecular complexity index is 225. The van der Waals surface area contributed by atoms with Crippen molar-refractivity contribution in [3.05, 3.63) is 24.1 Å². The average molecular weight is 170 g/mol. The molecule has 62 valence electrons. The first kappa shape index (κ1) is 8.23. The van der Waals surface area contributed by atoms with E-state index in [1.807, 2.05) is 0 Å². The molecular weight excluding hydrogens is 167 g/mol. The molecular formula is C6H3F5. The molecule has 0 saturated heterocycles. The minimum atomic E-state index is -3.87. The first-order valence-corrected chi connectivity index (χ1v) is 2.68. The van der Waals surface area contributed by atoms with Crippen LogP contribution < -0.4 is 0 Å². The number of allylic oxidation sites excluding steroid dienone is 4. The highest BCUT2D eigenvalue weighted by Crippen LogP contribution is 2.35. The van der Waals surface area contributed by atoms with Crippen LogP contribution >= 0.6 is 0 Å². The van der Waals surface area contributed by atoms with Crippen molar-refractivity contribution in [3.8, 4) is 0 Å². The summed E-state index contributed by atoms with van der Waals surface area (Å²) in [6.07, 6.45) is -0.578. The van der Waals surface area contributed by atoms with Crippen LogP contribution in [0.2, 0.25) is 0 Å². The summed E-state index contributed by atoms with van der Waals surface area (Å²) in [6.45, 7) is 0. The van der Waals surface area contributed by atoms with Crippen LogP contribution in [0.25, 0.3) is 0 Å². The summed E-state index contributed by atoms with van der Waals surface area (Å²) in [5, 5.41) is 0. The Morgan fingerprint density at radius 2 is 1.55 bits per heavy atom. The highest BCUT2D eigenvalue weighted by molar-refractivity contribution is 5.27. The molecule has 0 bridgehead atoms. The van der Waals surface area contributed by atoms with E-state index in [2.05, 4.69) is 0 Å². The van der Waals surface area contributed by atoms with Gasteiger partial charge in [-0.05, 0) is 12.2 Å². The van der Waals surface area contributed by atoms with Crippen LogP contribution in [0.5, 0.6) is 0 Å². The second kappa shape index (κ2) is 2.06. The maximum atomic E-state index is 12.1. The molecule has 0 aromatic heterocycles. The largest absolute Gasteiger partial charge is 0.317 e. The van der Waals surface area contributed by atoms with E-state index in [1.54, 1.807) is 0 Å². The van der Waals surface area contributed by atoms with Crippen molar-refractivity contribution in [2.24, 2.45) is 0 Å². The molecule has 0 atom stereocenters. The van der Waals surface area contributed by atoms with Gasteiger partial charge in [0, 0.05) is 6.08 Å². The predicted molar refractivity (Wildman–Crippen MR) is 28.2 cm³/mol. The summed E-state index contributed by atoms with van der Waals surface area (Å²) in [5.41, 5.74) is 0. The first-order chi connectivity index (χ1) is 4.83. The van der Waals surface area contributed by atoms with Crippen LogP contribution in [0.1, 0.15) is 0 Å².